The summed E-state index contributed by atoms with van der Waals surface area (Å²) >= 11 is 5.46. The molecule has 3 rings (SSSR count). The van der Waals surface area contributed by atoms with Crippen LogP contribution in [0.2, 0.25) is 0 Å². The van der Waals surface area contributed by atoms with Crippen molar-refractivity contribution in [3.8, 4) is 11.4 Å². The average molecular weight is 258 g/mol. The highest BCUT2D eigenvalue weighted by Gasteiger charge is 2.06. The molecule has 0 saturated carbocycles. The predicted octanol–water partition coefficient (Wildman–Crippen LogP) is 3.36. The third-order valence-corrected chi connectivity index (χ3v) is 3.14. The van der Waals surface area contributed by atoms with Crippen molar-refractivity contribution in [3.05, 3.63) is 47.4 Å². The Morgan fingerprint density at radius 3 is 3.00 bits per heavy atom. The zero-order valence-corrected chi connectivity index (χ0v) is 10.5. The zero-order chi connectivity index (χ0) is 12.5. The maximum Gasteiger partial charge on any atom is 0.139 e. The summed E-state index contributed by atoms with van der Waals surface area (Å²) in [7, 11) is 1.62. The van der Waals surface area contributed by atoms with E-state index in [1.54, 1.807) is 24.3 Å². The zero-order valence-electron chi connectivity index (χ0n) is 9.66. The molecule has 4 nitrogen and oxygen atoms in total. The van der Waals surface area contributed by atoms with Crippen molar-refractivity contribution in [2.75, 3.05) is 7.11 Å². The Balaban J connectivity index is 2.27. The van der Waals surface area contributed by atoms with E-state index in [2.05, 4.69) is 5.10 Å². The third-order valence-electron chi connectivity index (χ3n) is 2.71. The molecule has 0 amide bonds. The molecule has 0 unspecified atom stereocenters. The number of ether oxygens (including phenoxy) is 1. The van der Waals surface area contributed by atoms with Crippen LogP contribution in [-0.2, 0) is 0 Å². The Morgan fingerprint density at radius 1 is 1.39 bits per heavy atom. The van der Waals surface area contributed by atoms with Crippen LogP contribution in [-0.4, -0.2) is 16.9 Å². The number of rotatable bonds is 2. The Kier molecular flexibility index (Phi) is 2.60. The van der Waals surface area contributed by atoms with Gasteiger partial charge in [-0.2, -0.15) is 5.10 Å². The SMILES string of the molecule is COc1ccc2c(=S)c(-n3cccn3)coc2c1. The molecule has 0 saturated heterocycles. The fourth-order valence-electron chi connectivity index (χ4n) is 1.79. The minimum atomic E-state index is 0.704. The monoisotopic (exact) mass is 258 g/mol. The highest BCUT2D eigenvalue weighted by molar-refractivity contribution is 7.71. The molecule has 18 heavy (non-hydrogen) atoms. The summed E-state index contributed by atoms with van der Waals surface area (Å²) in [5.41, 5.74) is 1.46. The van der Waals surface area contributed by atoms with E-state index in [4.69, 9.17) is 21.4 Å². The molecule has 0 atom stereocenters. The molecule has 1 aromatic carbocycles. The first-order valence-electron chi connectivity index (χ1n) is 5.39. The fourth-order valence-corrected chi connectivity index (χ4v) is 2.11. The van der Waals surface area contributed by atoms with Crippen molar-refractivity contribution < 1.29 is 9.15 Å². The van der Waals surface area contributed by atoms with Crippen LogP contribution in [0.1, 0.15) is 0 Å². The van der Waals surface area contributed by atoms with Gasteiger partial charge in [-0.3, -0.25) is 0 Å². The first kappa shape index (κ1) is 11.0. The highest BCUT2D eigenvalue weighted by Crippen LogP contribution is 2.24. The van der Waals surface area contributed by atoms with E-state index in [1.165, 1.54) is 0 Å². The molecule has 0 aliphatic carbocycles. The van der Waals surface area contributed by atoms with E-state index < -0.39 is 0 Å². The minimum absolute atomic E-state index is 0.704. The smallest absolute Gasteiger partial charge is 0.139 e. The van der Waals surface area contributed by atoms with E-state index >= 15 is 0 Å². The van der Waals surface area contributed by atoms with Gasteiger partial charge in [0.25, 0.3) is 0 Å². The first-order chi connectivity index (χ1) is 8.79. The van der Waals surface area contributed by atoms with Crippen molar-refractivity contribution in [2.24, 2.45) is 0 Å². The number of aromatic nitrogens is 2. The van der Waals surface area contributed by atoms with Crippen LogP contribution < -0.4 is 4.74 Å². The molecule has 0 bridgehead atoms. The first-order valence-corrected chi connectivity index (χ1v) is 5.80. The number of benzene rings is 1. The Morgan fingerprint density at radius 2 is 2.28 bits per heavy atom. The van der Waals surface area contributed by atoms with Crippen LogP contribution in [0.15, 0.2) is 47.3 Å². The fraction of sp³-hybridized carbons (Fsp3) is 0.0769. The van der Waals surface area contributed by atoms with Gasteiger partial charge >= 0.3 is 0 Å². The van der Waals surface area contributed by atoms with Crippen LogP contribution in [0.3, 0.4) is 0 Å². The van der Waals surface area contributed by atoms with Crippen molar-refractivity contribution in [3.63, 3.8) is 0 Å². The standard InChI is InChI=1S/C13H10N2O2S/c1-16-9-3-4-10-12(7-9)17-8-11(13(10)18)15-6-2-5-14-15/h2-8H,1H3. The molecule has 3 aromatic rings. The Bertz CT molecular complexity index is 747. The molecule has 0 aliphatic rings. The topological polar surface area (TPSA) is 40.2 Å². The summed E-state index contributed by atoms with van der Waals surface area (Å²) in [4.78, 5) is 0. The van der Waals surface area contributed by atoms with Crippen molar-refractivity contribution in [1.82, 2.24) is 9.78 Å². The van der Waals surface area contributed by atoms with Gasteiger partial charge in [-0.25, -0.2) is 4.68 Å². The third kappa shape index (κ3) is 1.69. The molecular formula is C13H10N2O2S. The van der Waals surface area contributed by atoms with Crippen LogP contribution in [0, 0.1) is 4.51 Å². The number of hydrogen-bond acceptors (Lipinski definition) is 4. The van der Waals surface area contributed by atoms with E-state index in [0.717, 1.165) is 16.8 Å². The van der Waals surface area contributed by atoms with E-state index in [-0.39, 0.29) is 0 Å². The lowest BCUT2D eigenvalue weighted by molar-refractivity contribution is 0.414. The molecule has 0 N–H and O–H groups in total. The molecule has 0 radical (unpaired) electrons. The number of nitrogens with zero attached hydrogens (tertiary/aromatic N) is 2. The summed E-state index contributed by atoms with van der Waals surface area (Å²) in [5, 5.41) is 5.03. The molecular weight excluding hydrogens is 248 g/mol. The van der Waals surface area contributed by atoms with Gasteiger partial charge in [0.2, 0.25) is 0 Å². The Labute approximate surface area is 108 Å². The van der Waals surface area contributed by atoms with Gasteiger partial charge in [-0.1, -0.05) is 12.2 Å². The maximum absolute atomic E-state index is 5.58. The van der Waals surface area contributed by atoms with Gasteiger partial charge in [-0.05, 0) is 18.2 Å². The van der Waals surface area contributed by atoms with Crippen molar-refractivity contribution in [2.45, 2.75) is 0 Å². The van der Waals surface area contributed by atoms with Crippen LogP contribution in [0.4, 0.5) is 0 Å². The van der Waals surface area contributed by atoms with E-state index in [1.807, 2.05) is 30.5 Å². The molecule has 2 aromatic heterocycles. The quantitative estimate of drug-likeness (QED) is 0.661. The number of hydrogen-bond donors (Lipinski definition) is 0. The van der Waals surface area contributed by atoms with Crippen molar-refractivity contribution in [1.29, 1.82) is 0 Å². The van der Waals surface area contributed by atoms with Crippen molar-refractivity contribution >= 4 is 23.2 Å². The lowest BCUT2D eigenvalue weighted by Gasteiger charge is -2.05. The molecule has 2 heterocycles. The number of fused-ring (bicyclic) bond motifs is 1. The predicted molar refractivity (Wildman–Crippen MR) is 70.7 cm³/mol. The summed E-state index contributed by atoms with van der Waals surface area (Å²) < 4.78 is 13.1. The minimum Gasteiger partial charge on any atom is -0.497 e. The van der Waals surface area contributed by atoms with Crippen LogP contribution in [0.5, 0.6) is 5.75 Å². The van der Waals surface area contributed by atoms with Gasteiger partial charge in [0.1, 0.15) is 23.3 Å². The van der Waals surface area contributed by atoms with Crippen LogP contribution >= 0.6 is 12.2 Å². The Hall–Kier alpha value is -2.14. The summed E-state index contributed by atoms with van der Waals surface area (Å²) in [6.45, 7) is 0. The van der Waals surface area contributed by atoms with Gasteiger partial charge in [0, 0.05) is 23.8 Å². The molecule has 90 valence electrons. The molecule has 0 aliphatic heterocycles. The lowest BCUT2D eigenvalue weighted by Crippen LogP contribution is -1.95. The van der Waals surface area contributed by atoms with Gasteiger partial charge < -0.3 is 9.15 Å². The second-order valence-electron chi connectivity index (χ2n) is 3.76. The van der Waals surface area contributed by atoms with E-state index in [9.17, 15) is 0 Å². The largest absolute Gasteiger partial charge is 0.497 e. The second-order valence-corrected chi connectivity index (χ2v) is 4.17. The van der Waals surface area contributed by atoms with Crippen LogP contribution in [0.25, 0.3) is 16.7 Å². The normalized spacial score (nSPS) is 10.7. The highest BCUT2D eigenvalue weighted by atomic mass is 32.1. The summed E-state index contributed by atoms with van der Waals surface area (Å²) in [6.07, 6.45) is 5.14. The van der Waals surface area contributed by atoms with Gasteiger partial charge in [0.15, 0.2) is 0 Å². The molecule has 5 heteroatoms. The maximum atomic E-state index is 5.58. The van der Waals surface area contributed by atoms with E-state index in [0.29, 0.717) is 10.1 Å². The molecule has 0 spiro atoms. The van der Waals surface area contributed by atoms with Gasteiger partial charge in [-0.15, -0.1) is 0 Å². The van der Waals surface area contributed by atoms with Gasteiger partial charge in [0.05, 0.1) is 11.6 Å². The summed E-state index contributed by atoms with van der Waals surface area (Å²) in [5.74, 6) is 0.743. The average Bonchev–Trinajstić information content (AvgIpc) is 2.92. The number of methoxy groups -OCH3 is 1. The summed E-state index contributed by atoms with van der Waals surface area (Å²) in [6, 6.07) is 7.42. The second kappa shape index (κ2) is 4.27. The molecule has 0 fully saturated rings. The lowest BCUT2D eigenvalue weighted by atomic mass is 10.2.